The van der Waals surface area contributed by atoms with E-state index in [4.69, 9.17) is 9.47 Å². The number of hydrogen-bond acceptors (Lipinski definition) is 6. The summed E-state index contributed by atoms with van der Waals surface area (Å²) in [6.45, 7) is 6.19. The highest BCUT2D eigenvalue weighted by Gasteiger charge is 2.39. The van der Waals surface area contributed by atoms with Gasteiger partial charge >= 0.3 is 0 Å². The fourth-order valence-corrected chi connectivity index (χ4v) is 5.65. The number of piperidine rings is 1. The molecule has 3 aliphatic heterocycles. The van der Waals surface area contributed by atoms with Gasteiger partial charge in [0.2, 0.25) is 11.8 Å². The Morgan fingerprint density at radius 2 is 1.97 bits per heavy atom. The highest BCUT2D eigenvalue weighted by atomic mass is 16.5. The molecule has 1 saturated carbocycles. The Kier molecular flexibility index (Phi) is 6.62. The minimum atomic E-state index is -0.595. The lowest BCUT2D eigenvalue weighted by Gasteiger charge is -2.39. The number of carbonyl (C=O) groups is 3. The van der Waals surface area contributed by atoms with Crippen molar-refractivity contribution in [2.24, 2.45) is 11.3 Å². The Balaban J connectivity index is 1.23. The summed E-state index contributed by atoms with van der Waals surface area (Å²) in [6, 6.07) is 5.07. The first-order valence-corrected chi connectivity index (χ1v) is 12.6. The molecule has 3 amide bonds. The van der Waals surface area contributed by atoms with Crippen LogP contribution in [0.4, 0.5) is 0 Å². The van der Waals surface area contributed by atoms with E-state index in [0.717, 1.165) is 50.5 Å². The molecule has 1 unspecified atom stereocenters. The van der Waals surface area contributed by atoms with Crippen LogP contribution in [0, 0.1) is 11.3 Å². The topological polar surface area (TPSA) is 97.0 Å². The third-order valence-electron chi connectivity index (χ3n) is 7.73. The molecule has 2 saturated heterocycles. The van der Waals surface area contributed by atoms with Crippen LogP contribution in [0.1, 0.15) is 67.8 Å². The molecule has 34 heavy (non-hydrogen) atoms. The fraction of sp³-hybridized carbons (Fsp3) is 0.654. The van der Waals surface area contributed by atoms with E-state index in [1.807, 2.05) is 18.2 Å². The molecule has 2 N–H and O–H groups in total. The zero-order chi connectivity index (χ0) is 23.7. The molecule has 5 rings (SSSR count). The molecule has 0 bridgehead atoms. The molecule has 0 radical (unpaired) electrons. The summed E-state index contributed by atoms with van der Waals surface area (Å²) in [7, 11) is 0. The Labute approximate surface area is 200 Å². The van der Waals surface area contributed by atoms with E-state index in [1.54, 1.807) is 4.90 Å². The molecular weight excluding hydrogens is 434 g/mol. The summed E-state index contributed by atoms with van der Waals surface area (Å²) in [6.07, 6.45) is 6.58. The number of nitrogens with one attached hydrogen (secondary N) is 2. The number of carbonyl (C=O) groups excluding carboxylic acids is 3. The van der Waals surface area contributed by atoms with Gasteiger partial charge in [-0.1, -0.05) is 19.8 Å². The van der Waals surface area contributed by atoms with Crippen LogP contribution < -0.4 is 15.4 Å². The number of fused-ring (bicyclic) bond motifs is 1. The maximum atomic E-state index is 13.0. The van der Waals surface area contributed by atoms with Gasteiger partial charge in [0.1, 0.15) is 17.9 Å². The summed E-state index contributed by atoms with van der Waals surface area (Å²) in [5.74, 6) is 0.421. The number of hydrogen-bond donors (Lipinski definition) is 2. The molecule has 3 fully saturated rings. The number of amides is 3. The summed E-state index contributed by atoms with van der Waals surface area (Å²) in [5, 5.41) is 6.02. The molecule has 0 aromatic heterocycles. The van der Waals surface area contributed by atoms with Gasteiger partial charge in [-0.2, -0.15) is 0 Å². The van der Waals surface area contributed by atoms with Crippen LogP contribution in [0.3, 0.4) is 0 Å². The Morgan fingerprint density at radius 1 is 1.15 bits per heavy atom. The van der Waals surface area contributed by atoms with Crippen LogP contribution in [0.15, 0.2) is 18.2 Å². The average molecular weight is 470 g/mol. The van der Waals surface area contributed by atoms with Crippen molar-refractivity contribution in [3.63, 3.8) is 0 Å². The minimum Gasteiger partial charge on any atom is -0.490 e. The molecule has 3 atom stereocenters. The second-order valence-corrected chi connectivity index (χ2v) is 10.7. The quantitative estimate of drug-likeness (QED) is 0.470. The molecule has 3 heterocycles. The molecule has 1 aliphatic carbocycles. The lowest BCUT2D eigenvalue weighted by molar-refractivity contribution is -0.136. The van der Waals surface area contributed by atoms with Crippen molar-refractivity contribution in [3.05, 3.63) is 29.3 Å². The van der Waals surface area contributed by atoms with Crippen molar-refractivity contribution in [2.45, 2.75) is 70.6 Å². The van der Waals surface area contributed by atoms with Crippen molar-refractivity contribution in [3.8, 4) is 5.75 Å². The number of rotatable bonds is 7. The van der Waals surface area contributed by atoms with Gasteiger partial charge in [-0.15, -0.1) is 0 Å². The van der Waals surface area contributed by atoms with Gasteiger partial charge in [0.15, 0.2) is 0 Å². The molecule has 8 nitrogen and oxygen atoms in total. The first-order valence-electron chi connectivity index (χ1n) is 12.6. The predicted octanol–water partition coefficient (Wildman–Crippen LogP) is 2.40. The highest BCUT2D eigenvalue weighted by molar-refractivity contribution is 6.05. The first-order chi connectivity index (χ1) is 16.4. The van der Waals surface area contributed by atoms with Crippen molar-refractivity contribution in [2.75, 3.05) is 26.3 Å². The standard InChI is InChI=1S/C26H35N3O5/c1-26(15-33-16-26)14-27-12-17-5-3-2-4-6-22(17)34-19-7-8-20-18(11-19)13-29(25(20)32)21-9-10-23(30)28-24(21)31/h7-8,11,17,21-22,27H,2-6,9-10,12-16H2,1H3,(H,28,30,31)/t17-,21?,22+/m1/s1. The lowest BCUT2D eigenvalue weighted by atomic mass is 9.88. The number of imide groups is 1. The monoisotopic (exact) mass is 469 g/mol. The van der Waals surface area contributed by atoms with Crippen molar-refractivity contribution in [1.82, 2.24) is 15.5 Å². The Morgan fingerprint density at radius 3 is 2.74 bits per heavy atom. The third kappa shape index (κ3) is 4.84. The van der Waals surface area contributed by atoms with E-state index in [1.165, 1.54) is 19.3 Å². The first kappa shape index (κ1) is 23.3. The molecule has 1 aromatic carbocycles. The zero-order valence-electron chi connectivity index (χ0n) is 19.9. The second-order valence-electron chi connectivity index (χ2n) is 10.7. The smallest absolute Gasteiger partial charge is 0.255 e. The summed E-state index contributed by atoms with van der Waals surface area (Å²) in [5.41, 5.74) is 1.75. The second kappa shape index (κ2) is 9.66. The number of ether oxygens (including phenoxy) is 2. The maximum absolute atomic E-state index is 13.0. The van der Waals surface area contributed by atoms with Gasteiger partial charge in [0, 0.05) is 43.0 Å². The van der Waals surface area contributed by atoms with Crippen molar-refractivity contribution in [1.29, 1.82) is 0 Å². The van der Waals surface area contributed by atoms with E-state index in [-0.39, 0.29) is 35.7 Å². The van der Waals surface area contributed by atoms with Crippen LogP contribution in [0.25, 0.3) is 0 Å². The fourth-order valence-electron chi connectivity index (χ4n) is 5.65. The number of benzene rings is 1. The van der Waals surface area contributed by atoms with Crippen LogP contribution in [0.5, 0.6) is 5.75 Å². The van der Waals surface area contributed by atoms with Crippen molar-refractivity contribution < 1.29 is 23.9 Å². The predicted molar refractivity (Wildman–Crippen MR) is 125 cm³/mol. The van der Waals surface area contributed by atoms with E-state index < -0.39 is 6.04 Å². The Hall–Kier alpha value is -2.45. The number of nitrogens with zero attached hydrogens (tertiary/aromatic N) is 1. The summed E-state index contributed by atoms with van der Waals surface area (Å²) in [4.78, 5) is 38.3. The lowest BCUT2D eigenvalue weighted by Crippen LogP contribution is -2.52. The van der Waals surface area contributed by atoms with Crippen molar-refractivity contribution >= 4 is 17.7 Å². The molecular formula is C26H35N3O5. The normalized spacial score (nSPS) is 28.7. The Bertz CT molecular complexity index is 960. The minimum absolute atomic E-state index is 0.141. The van der Waals surface area contributed by atoms with E-state index >= 15 is 0 Å². The van der Waals surface area contributed by atoms with Gasteiger partial charge in [-0.05, 0) is 49.4 Å². The summed E-state index contributed by atoms with van der Waals surface area (Å²) >= 11 is 0. The van der Waals surface area contributed by atoms with Gasteiger partial charge in [-0.3, -0.25) is 19.7 Å². The average Bonchev–Trinajstić information content (AvgIpc) is 2.95. The SMILES string of the molecule is CC1(CNC[C@H]2CCCCC[C@@H]2Oc2ccc3c(c2)CN(C2CCC(=O)NC2=O)C3=O)COC1. The van der Waals surface area contributed by atoms with E-state index in [2.05, 4.69) is 17.6 Å². The van der Waals surface area contributed by atoms with Gasteiger partial charge in [0.25, 0.3) is 5.91 Å². The van der Waals surface area contributed by atoms with Crippen LogP contribution in [0.2, 0.25) is 0 Å². The molecule has 8 heteroatoms. The zero-order valence-corrected chi connectivity index (χ0v) is 19.9. The van der Waals surface area contributed by atoms with Crippen LogP contribution >= 0.6 is 0 Å². The molecule has 184 valence electrons. The largest absolute Gasteiger partial charge is 0.490 e. The summed E-state index contributed by atoms with van der Waals surface area (Å²) < 4.78 is 11.9. The molecule has 0 spiro atoms. The van der Waals surface area contributed by atoms with Gasteiger partial charge in [0.05, 0.1) is 13.2 Å². The van der Waals surface area contributed by atoms with E-state index in [9.17, 15) is 14.4 Å². The van der Waals surface area contributed by atoms with E-state index in [0.29, 0.717) is 24.4 Å². The maximum Gasteiger partial charge on any atom is 0.255 e. The third-order valence-corrected chi connectivity index (χ3v) is 7.73. The van der Waals surface area contributed by atoms with Gasteiger partial charge in [-0.25, -0.2) is 0 Å². The molecule has 4 aliphatic rings. The van der Waals surface area contributed by atoms with Crippen LogP contribution in [-0.4, -0.2) is 61.1 Å². The van der Waals surface area contributed by atoms with Gasteiger partial charge < -0.3 is 19.7 Å². The van der Waals surface area contributed by atoms with Crippen LogP contribution in [-0.2, 0) is 20.9 Å². The molecule has 1 aromatic rings. The highest BCUT2D eigenvalue weighted by Crippen LogP contribution is 2.33.